The zero-order valence-corrected chi connectivity index (χ0v) is 13.8. The molecule has 0 aliphatic heterocycles. The summed E-state index contributed by atoms with van der Waals surface area (Å²) in [6, 6.07) is 3.32. The maximum atomic E-state index is 13.5. The van der Waals surface area contributed by atoms with Crippen molar-refractivity contribution in [3.05, 3.63) is 68.5 Å². The molecule has 0 radical (unpaired) electrons. The molecule has 7 nitrogen and oxygen atoms in total. The molecule has 0 atom stereocenters. The van der Waals surface area contributed by atoms with Gasteiger partial charge in [-0.1, -0.05) is 6.07 Å². The lowest BCUT2D eigenvalue weighted by atomic mass is 10.1. The number of aryl methyl sites for hydroxylation is 1. The number of carbonyl (C=O) groups excluding carboxylic acids is 2. The molecule has 1 N–H and O–H groups in total. The molecule has 2 aromatic carbocycles. The van der Waals surface area contributed by atoms with Crippen molar-refractivity contribution in [3.63, 3.8) is 0 Å². The van der Waals surface area contributed by atoms with Gasteiger partial charge in [0.1, 0.15) is 5.69 Å². The molecule has 2 rings (SSSR count). The molecule has 0 spiro atoms. The van der Waals surface area contributed by atoms with Gasteiger partial charge in [0.25, 0.3) is 11.6 Å². The number of nitrogens with one attached hydrogen (secondary N) is 1. The van der Waals surface area contributed by atoms with Crippen LogP contribution in [0.2, 0.25) is 0 Å². The number of ether oxygens (including phenoxy) is 1. The van der Waals surface area contributed by atoms with E-state index in [1.54, 1.807) is 0 Å². The van der Waals surface area contributed by atoms with E-state index in [-0.39, 0.29) is 16.8 Å². The first-order valence-corrected chi connectivity index (χ1v) is 7.28. The van der Waals surface area contributed by atoms with Gasteiger partial charge in [-0.25, -0.2) is 26.7 Å². The normalized spacial score (nSPS) is 10.5. The molecule has 0 saturated carbocycles. The quantitative estimate of drug-likeness (QED) is 0.206. The minimum Gasteiger partial charge on any atom is -0.452 e. The van der Waals surface area contributed by atoms with Gasteiger partial charge < -0.3 is 10.1 Å². The number of nitrogens with zero attached hydrogens (tertiary/aromatic N) is 1. The van der Waals surface area contributed by atoms with Crippen molar-refractivity contribution >= 4 is 23.3 Å². The molecule has 0 bridgehead atoms. The summed E-state index contributed by atoms with van der Waals surface area (Å²) in [5.74, 6) is -14.1. The van der Waals surface area contributed by atoms with E-state index in [0.717, 1.165) is 6.07 Å². The molecule has 0 aliphatic carbocycles. The van der Waals surface area contributed by atoms with Crippen LogP contribution in [-0.2, 0) is 9.53 Å². The second-order valence-electron chi connectivity index (χ2n) is 5.33. The number of anilines is 1. The highest BCUT2D eigenvalue weighted by Crippen LogP contribution is 2.27. The second-order valence-corrected chi connectivity index (χ2v) is 5.33. The molecule has 2 aromatic rings. The van der Waals surface area contributed by atoms with E-state index in [1.807, 2.05) is 0 Å². The Morgan fingerprint density at radius 3 is 2.11 bits per heavy atom. The van der Waals surface area contributed by atoms with Crippen LogP contribution in [0.3, 0.4) is 0 Å². The Hall–Kier alpha value is -3.57. The predicted octanol–water partition coefficient (Wildman–Crippen LogP) is 3.39. The van der Waals surface area contributed by atoms with Gasteiger partial charge in [-0.05, 0) is 13.0 Å². The largest absolute Gasteiger partial charge is 0.452 e. The lowest BCUT2D eigenvalue weighted by Crippen LogP contribution is -2.23. The molecule has 0 aromatic heterocycles. The number of amides is 1. The van der Waals surface area contributed by atoms with E-state index in [1.165, 1.54) is 24.4 Å². The van der Waals surface area contributed by atoms with Crippen LogP contribution in [-0.4, -0.2) is 23.4 Å². The Labute approximate surface area is 152 Å². The fraction of sp³-hybridized carbons (Fsp3) is 0.125. The second kappa shape index (κ2) is 7.98. The SMILES string of the molecule is Cc1ccc(C(=O)OCC(=O)Nc2c(F)c(F)c(F)c(F)c2F)cc1[N+](=O)[O-]. The molecular weight excluding hydrogens is 395 g/mol. The molecule has 0 fully saturated rings. The van der Waals surface area contributed by atoms with Crippen molar-refractivity contribution in [2.75, 3.05) is 11.9 Å². The van der Waals surface area contributed by atoms with E-state index < -0.39 is 58.2 Å². The van der Waals surface area contributed by atoms with E-state index in [9.17, 15) is 41.7 Å². The van der Waals surface area contributed by atoms with Gasteiger partial charge in [-0.2, -0.15) is 0 Å². The maximum absolute atomic E-state index is 13.5. The van der Waals surface area contributed by atoms with Crippen molar-refractivity contribution in [1.29, 1.82) is 0 Å². The first kappa shape index (κ1) is 20.7. The van der Waals surface area contributed by atoms with Crippen LogP contribution in [0.15, 0.2) is 18.2 Å². The topological polar surface area (TPSA) is 98.5 Å². The van der Waals surface area contributed by atoms with Gasteiger partial charge >= 0.3 is 5.97 Å². The van der Waals surface area contributed by atoms with Crippen LogP contribution >= 0.6 is 0 Å². The average molecular weight is 404 g/mol. The molecule has 12 heteroatoms. The van der Waals surface area contributed by atoms with Crippen LogP contribution in [0, 0.1) is 46.1 Å². The third-order valence-corrected chi connectivity index (χ3v) is 3.45. The summed E-state index contributed by atoms with van der Waals surface area (Å²) in [6.45, 7) is 0.269. The third-order valence-electron chi connectivity index (χ3n) is 3.45. The fourth-order valence-corrected chi connectivity index (χ4v) is 2.04. The fourth-order valence-electron chi connectivity index (χ4n) is 2.04. The minimum absolute atomic E-state index is 0.255. The van der Waals surface area contributed by atoms with Crippen molar-refractivity contribution in [3.8, 4) is 0 Å². The molecule has 1 amide bonds. The number of esters is 1. The first-order chi connectivity index (χ1) is 13.0. The maximum Gasteiger partial charge on any atom is 0.338 e. The summed E-state index contributed by atoms with van der Waals surface area (Å²) in [5, 5.41) is 12.3. The van der Waals surface area contributed by atoms with Crippen molar-refractivity contribution < 1.29 is 41.2 Å². The number of nitro benzene ring substituents is 1. The van der Waals surface area contributed by atoms with E-state index in [2.05, 4.69) is 4.74 Å². The molecule has 0 saturated heterocycles. The highest BCUT2D eigenvalue weighted by atomic mass is 19.2. The van der Waals surface area contributed by atoms with Crippen molar-refractivity contribution in [2.45, 2.75) is 6.92 Å². The monoisotopic (exact) mass is 404 g/mol. The van der Waals surface area contributed by atoms with Crippen LogP contribution < -0.4 is 5.32 Å². The number of benzene rings is 2. The number of hydrogen-bond donors (Lipinski definition) is 1. The predicted molar refractivity (Wildman–Crippen MR) is 83.0 cm³/mol. The van der Waals surface area contributed by atoms with Gasteiger partial charge in [-0.15, -0.1) is 0 Å². The molecule has 28 heavy (non-hydrogen) atoms. The Morgan fingerprint density at radius 2 is 1.57 bits per heavy atom. The number of nitro groups is 1. The first-order valence-electron chi connectivity index (χ1n) is 7.28. The minimum atomic E-state index is -2.40. The summed E-state index contributed by atoms with van der Waals surface area (Å²) < 4.78 is 70.6. The van der Waals surface area contributed by atoms with Crippen LogP contribution in [0.5, 0.6) is 0 Å². The van der Waals surface area contributed by atoms with E-state index in [0.29, 0.717) is 0 Å². The number of hydrogen-bond acceptors (Lipinski definition) is 5. The lowest BCUT2D eigenvalue weighted by Gasteiger charge is -2.10. The van der Waals surface area contributed by atoms with Crippen LogP contribution in [0.4, 0.5) is 33.3 Å². The number of halogens is 5. The van der Waals surface area contributed by atoms with Gasteiger partial charge in [0.2, 0.25) is 5.82 Å². The van der Waals surface area contributed by atoms with Crippen LogP contribution in [0.1, 0.15) is 15.9 Å². The molecular formula is C16H9F5N2O5. The van der Waals surface area contributed by atoms with E-state index in [4.69, 9.17) is 0 Å². The molecule has 0 heterocycles. The third kappa shape index (κ3) is 4.05. The zero-order valence-electron chi connectivity index (χ0n) is 13.8. The Bertz CT molecular complexity index is 967. The zero-order chi connectivity index (χ0) is 21.2. The lowest BCUT2D eigenvalue weighted by molar-refractivity contribution is -0.385. The van der Waals surface area contributed by atoms with Crippen LogP contribution in [0.25, 0.3) is 0 Å². The number of carbonyl (C=O) groups is 2. The van der Waals surface area contributed by atoms with Gasteiger partial charge in [-0.3, -0.25) is 14.9 Å². The average Bonchev–Trinajstić information content (AvgIpc) is 2.66. The van der Waals surface area contributed by atoms with Crippen molar-refractivity contribution in [2.24, 2.45) is 0 Å². The Morgan fingerprint density at radius 1 is 1.04 bits per heavy atom. The highest BCUT2D eigenvalue weighted by Gasteiger charge is 2.27. The number of rotatable bonds is 5. The highest BCUT2D eigenvalue weighted by molar-refractivity contribution is 5.96. The van der Waals surface area contributed by atoms with Gasteiger partial charge in [0, 0.05) is 11.6 Å². The van der Waals surface area contributed by atoms with Gasteiger partial charge in [0.15, 0.2) is 29.9 Å². The standard InChI is InChI=1S/C16H9F5N2O5/c1-6-2-3-7(4-8(6)23(26)27)16(25)28-5-9(24)22-15-13(20)11(18)10(17)12(19)14(15)21/h2-4H,5H2,1H3,(H,22,24). The molecule has 0 aliphatic rings. The summed E-state index contributed by atoms with van der Waals surface area (Å²) in [7, 11) is 0. The summed E-state index contributed by atoms with van der Waals surface area (Å²) in [4.78, 5) is 33.5. The van der Waals surface area contributed by atoms with E-state index >= 15 is 0 Å². The Balaban J connectivity index is 2.11. The smallest absolute Gasteiger partial charge is 0.338 e. The van der Waals surface area contributed by atoms with Gasteiger partial charge in [0.05, 0.1) is 10.5 Å². The summed E-state index contributed by atoms with van der Waals surface area (Å²) in [6.07, 6.45) is 0. The summed E-state index contributed by atoms with van der Waals surface area (Å²) >= 11 is 0. The Kier molecular flexibility index (Phi) is 5.91. The summed E-state index contributed by atoms with van der Waals surface area (Å²) in [5.41, 5.74) is -2.03. The molecule has 0 unspecified atom stereocenters. The molecule has 148 valence electrons. The van der Waals surface area contributed by atoms with Crippen molar-refractivity contribution in [1.82, 2.24) is 0 Å².